The van der Waals surface area contributed by atoms with Crippen molar-refractivity contribution < 1.29 is 0 Å². The van der Waals surface area contributed by atoms with E-state index in [0.717, 1.165) is 61.0 Å². The molecule has 0 spiro atoms. The van der Waals surface area contributed by atoms with E-state index >= 15 is 0 Å². The van der Waals surface area contributed by atoms with Gasteiger partial charge < -0.3 is 15.3 Å². The van der Waals surface area contributed by atoms with Crippen LogP contribution in [-0.4, -0.2) is 42.4 Å². The molecule has 0 amide bonds. The van der Waals surface area contributed by atoms with Crippen LogP contribution in [0.15, 0.2) is 66.1 Å². The number of para-hydroxylation sites is 2. The van der Waals surface area contributed by atoms with Crippen molar-refractivity contribution in [2.45, 2.75) is 31.7 Å². The van der Waals surface area contributed by atoms with Gasteiger partial charge in [0.05, 0.1) is 11.0 Å². The molecule has 168 valence electrons. The van der Waals surface area contributed by atoms with Crippen LogP contribution in [0.4, 0.5) is 0 Å². The normalized spacial score (nSPS) is 18.9. The Bertz CT molecular complexity index is 1440. The van der Waals surface area contributed by atoms with E-state index in [1.54, 1.807) is 12.7 Å². The lowest BCUT2D eigenvalue weighted by Gasteiger charge is -2.33. The Morgan fingerprint density at radius 1 is 1.06 bits per heavy atom. The van der Waals surface area contributed by atoms with Crippen LogP contribution in [0, 0.1) is 5.92 Å². The van der Waals surface area contributed by atoms with E-state index in [4.69, 9.17) is 0 Å². The van der Waals surface area contributed by atoms with Crippen molar-refractivity contribution in [3.63, 3.8) is 0 Å². The van der Waals surface area contributed by atoms with E-state index in [1.807, 2.05) is 33.4 Å². The number of aromatic amines is 2. The molecule has 2 aromatic carbocycles. The molecule has 0 saturated carbocycles. The van der Waals surface area contributed by atoms with Crippen molar-refractivity contribution >= 4 is 21.9 Å². The molecule has 0 bridgehead atoms. The highest BCUT2D eigenvalue weighted by atomic mass is 16.1. The summed E-state index contributed by atoms with van der Waals surface area (Å²) in [5, 5.41) is 12.6. The van der Waals surface area contributed by atoms with Crippen molar-refractivity contribution in [3.05, 3.63) is 77.4 Å². The van der Waals surface area contributed by atoms with E-state index < -0.39 is 0 Å². The van der Waals surface area contributed by atoms with Crippen molar-refractivity contribution in [3.8, 4) is 5.69 Å². The number of aryl methyl sites for hydroxylation is 1. The van der Waals surface area contributed by atoms with Gasteiger partial charge in [0.2, 0.25) is 0 Å². The number of rotatable bonds is 6. The second kappa shape index (κ2) is 8.37. The lowest BCUT2D eigenvalue weighted by Crippen LogP contribution is -2.40. The third-order valence-corrected chi connectivity index (χ3v) is 7.01. The number of nitrogens with zero attached hydrogens (tertiary/aromatic N) is 4. The third-order valence-electron chi connectivity index (χ3n) is 7.01. The summed E-state index contributed by atoms with van der Waals surface area (Å²) in [6.45, 7) is 1.89. The lowest BCUT2D eigenvalue weighted by molar-refractivity contribution is 0.239. The fourth-order valence-electron chi connectivity index (χ4n) is 5.37. The van der Waals surface area contributed by atoms with E-state index in [-0.39, 0.29) is 11.7 Å². The quantitative estimate of drug-likeness (QED) is 0.375. The van der Waals surface area contributed by atoms with Crippen LogP contribution in [0.25, 0.3) is 27.6 Å². The summed E-state index contributed by atoms with van der Waals surface area (Å²) >= 11 is 0. The van der Waals surface area contributed by atoms with Crippen LogP contribution < -0.4 is 11.0 Å². The Balaban J connectivity index is 1.21. The van der Waals surface area contributed by atoms with Gasteiger partial charge in [-0.1, -0.05) is 12.1 Å². The Hall–Kier alpha value is -3.65. The van der Waals surface area contributed by atoms with Gasteiger partial charge in [-0.2, -0.15) is 0 Å². The number of imidazole rings is 1. The molecule has 2 atom stereocenters. The number of aromatic nitrogens is 6. The number of H-pyrrole nitrogens is 2. The Kier molecular flexibility index (Phi) is 5.07. The molecule has 33 heavy (non-hydrogen) atoms. The molecule has 6 rings (SSSR count). The summed E-state index contributed by atoms with van der Waals surface area (Å²) in [5.74, 6) is 0.424. The number of hydrogen-bond donors (Lipinski definition) is 3. The van der Waals surface area contributed by atoms with Crippen molar-refractivity contribution in [2.75, 3.05) is 13.1 Å². The van der Waals surface area contributed by atoms with E-state index in [1.165, 1.54) is 10.9 Å². The summed E-state index contributed by atoms with van der Waals surface area (Å²) in [7, 11) is 0. The summed E-state index contributed by atoms with van der Waals surface area (Å²) in [6.07, 6.45) is 9.68. The third kappa shape index (κ3) is 3.66. The maximum Gasteiger partial charge on any atom is 0.326 e. The largest absolute Gasteiger partial charge is 0.361 e. The molecule has 8 heteroatoms. The minimum absolute atomic E-state index is 0.00579. The van der Waals surface area contributed by atoms with Gasteiger partial charge in [0, 0.05) is 28.8 Å². The van der Waals surface area contributed by atoms with Gasteiger partial charge >= 0.3 is 5.69 Å². The molecule has 8 nitrogen and oxygen atoms in total. The molecule has 1 fully saturated rings. The second-order valence-corrected chi connectivity index (χ2v) is 8.94. The number of fused-ring (bicyclic) bond motifs is 2. The Labute approximate surface area is 190 Å². The highest BCUT2D eigenvalue weighted by Crippen LogP contribution is 2.31. The molecule has 0 aliphatic carbocycles. The Morgan fingerprint density at radius 2 is 1.94 bits per heavy atom. The van der Waals surface area contributed by atoms with Crippen LogP contribution in [0.3, 0.4) is 0 Å². The van der Waals surface area contributed by atoms with Gasteiger partial charge in [0.15, 0.2) is 0 Å². The Morgan fingerprint density at radius 3 is 2.85 bits per heavy atom. The highest BCUT2D eigenvalue weighted by Gasteiger charge is 2.28. The highest BCUT2D eigenvalue weighted by molar-refractivity contribution is 5.85. The van der Waals surface area contributed by atoms with Gasteiger partial charge in [0.1, 0.15) is 12.7 Å². The van der Waals surface area contributed by atoms with Gasteiger partial charge in [-0.15, -0.1) is 10.2 Å². The van der Waals surface area contributed by atoms with Crippen LogP contribution in [0.1, 0.15) is 30.9 Å². The smallest absolute Gasteiger partial charge is 0.326 e. The van der Waals surface area contributed by atoms with E-state index in [2.05, 4.69) is 49.9 Å². The molecule has 0 radical (unpaired) electrons. The summed E-state index contributed by atoms with van der Waals surface area (Å²) in [5.41, 5.74) is 5.46. The molecular formula is C25H27N7O. The maximum absolute atomic E-state index is 12.8. The number of hydrogen-bond acceptors (Lipinski definition) is 4. The minimum Gasteiger partial charge on any atom is -0.361 e. The first kappa shape index (κ1) is 20.0. The first-order chi connectivity index (χ1) is 16.3. The zero-order valence-electron chi connectivity index (χ0n) is 18.4. The van der Waals surface area contributed by atoms with Crippen LogP contribution >= 0.6 is 0 Å². The SMILES string of the molecule is O=c1[nH]c2ccccc2n1C1CCNCC1CCCc1c[nH]c2ccc(-n3cnnc3)cc12. The zero-order chi connectivity index (χ0) is 22.2. The van der Waals surface area contributed by atoms with Crippen molar-refractivity contribution in [1.82, 2.24) is 34.6 Å². The van der Waals surface area contributed by atoms with Crippen molar-refractivity contribution in [1.29, 1.82) is 0 Å². The molecule has 2 unspecified atom stereocenters. The summed E-state index contributed by atoms with van der Waals surface area (Å²) in [6, 6.07) is 14.6. The van der Waals surface area contributed by atoms with Gasteiger partial charge in [-0.3, -0.25) is 9.13 Å². The fraction of sp³-hybridized carbons (Fsp3) is 0.320. The van der Waals surface area contributed by atoms with Crippen molar-refractivity contribution in [2.24, 2.45) is 5.92 Å². The first-order valence-electron chi connectivity index (χ1n) is 11.6. The second-order valence-electron chi connectivity index (χ2n) is 8.94. The van der Waals surface area contributed by atoms with E-state index in [9.17, 15) is 4.79 Å². The van der Waals surface area contributed by atoms with Crippen LogP contribution in [-0.2, 0) is 6.42 Å². The van der Waals surface area contributed by atoms with Crippen LogP contribution in [0.2, 0.25) is 0 Å². The minimum atomic E-state index is 0.00579. The maximum atomic E-state index is 12.8. The molecule has 3 aromatic heterocycles. The predicted molar refractivity (Wildman–Crippen MR) is 129 cm³/mol. The van der Waals surface area contributed by atoms with Gasteiger partial charge in [-0.25, -0.2) is 4.79 Å². The average Bonchev–Trinajstić information content (AvgIpc) is 3.58. The van der Waals surface area contributed by atoms with Crippen LogP contribution in [0.5, 0.6) is 0 Å². The molecular weight excluding hydrogens is 414 g/mol. The predicted octanol–water partition coefficient (Wildman–Crippen LogP) is 3.57. The average molecular weight is 442 g/mol. The van der Waals surface area contributed by atoms with Gasteiger partial charge in [0.25, 0.3) is 0 Å². The van der Waals surface area contributed by atoms with Gasteiger partial charge in [-0.05, 0) is 80.6 Å². The molecule has 1 aliphatic heterocycles. The topological polar surface area (TPSA) is 96.3 Å². The number of benzene rings is 2. The molecule has 4 heterocycles. The fourth-order valence-corrected chi connectivity index (χ4v) is 5.37. The lowest BCUT2D eigenvalue weighted by atomic mass is 9.88. The van der Waals surface area contributed by atoms with E-state index in [0.29, 0.717) is 5.92 Å². The monoisotopic (exact) mass is 441 g/mol. The molecule has 3 N–H and O–H groups in total. The molecule has 1 aliphatic rings. The summed E-state index contributed by atoms with van der Waals surface area (Å²) < 4.78 is 3.92. The summed E-state index contributed by atoms with van der Waals surface area (Å²) in [4.78, 5) is 19.2. The zero-order valence-corrected chi connectivity index (χ0v) is 18.4. The number of piperidine rings is 1. The number of nitrogens with one attached hydrogen (secondary N) is 3. The first-order valence-corrected chi connectivity index (χ1v) is 11.6. The standard InChI is InChI=1S/C25H27N7O/c33-25-30-22-6-1-2-7-24(22)32(25)23-10-11-26-13-18(23)5-3-4-17-14-27-21-9-8-19(12-20(17)21)31-15-28-29-16-31/h1-2,6-9,12,14-16,18,23,26-27H,3-5,10-11,13H2,(H,30,33). The molecule has 1 saturated heterocycles. The molecule has 5 aromatic rings.